The second kappa shape index (κ2) is 7.38. The van der Waals surface area contributed by atoms with Crippen molar-refractivity contribution in [3.63, 3.8) is 0 Å². The van der Waals surface area contributed by atoms with E-state index in [1.54, 1.807) is 11.3 Å². The normalized spacial score (nSPS) is 22.6. The highest BCUT2D eigenvalue weighted by molar-refractivity contribution is 7.11. The predicted molar refractivity (Wildman–Crippen MR) is 87.8 cm³/mol. The Morgan fingerprint density at radius 3 is 2.70 bits per heavy atom. The van der Waals surface area contributed by atoms with Crippen molar-refractivity contribution in [3.05, 3.63) is 10.0 Å². The fraction of sp³-hybridized carbons (Fsp3) is 0.750. The molecule has 0 spiro atoms. The average Bonchev–Trinajstić information content (AvgIpc) is 3.24. The van der Waals surface area contributed by atoms with E-state index in [1.807, 2.05) is 11.8 Å². The molecule has 1 atom stereocenters. The molecule has 1 aliphatic carbocycles. The molecule has 1 aromatic rings. The first-order valence-corrected chi connectivity index (χ1v) is 9.37. The molecule has 0 unspecified atom stereocenters. The van der Waals surface area contributed by atoms with Crippen molar-refractivity contribution in [1.82, 2.24) is 20.4 Å². The Morgan fingerprint density at radius 2 is 2.00 bits per heavy atom. The Hall–Kier alpha value is -1.50. The Bertz CT molecular complexity index is 568. The minimum absolute atomic E-state index is 0.0359. The van der Waals surface area contributed by atoms with E-state index in [4.69, 9.17) is 0 Å². The Kier molecular flexibility index (Phi) is 5.25. The van der Waals surface area contributed by atoms with Crippen LogP contribution in [-0.4, -0.2) is 39.5 Å². The van der Waals surface area contributed by atoms with Crippen molar-refractivity contribution in [3.8, 4) is 0 Å². The molecule has 2 amide bonds. The number of aromatic nitrogens is 2. The van der Waals surface area contributed by atoms with Gasteiger partial charge in [0.05, 0.1) is 12.5 Å². The number of nitrogens with one attached hydrogen (secondary N) is 1. The summed E-state index contributed by atoms with van der Waals surface area (Å²) < 4.78 is 0. The summed E-state index contributed by atoms with van der Waals surface area (Å²) in [5.41, 5.74) is 0. The van der Waals surface area contributed by atoms with E-state index >= 15 is 0 Å². The number of hydrogen-bond acceptors (Lipinski definition) is 5. The zero-order chi connectivity index (χ0) is 16.2. The van der Waals surface area contributed by atoms with Gasteiger partial charge in [-0.3, -0.25) is 9.59 Å². The minimum Gasteiger partial charge on any atom is -0.349 e. The Labute approximate surface area is 140 Å². The predicted octanol–water partition coefficient (Wildman–Crippen LogP) is 1.90. The molecule has 1 saturated heterocycles. The number of carbonyl (C=O) groups is 2. The fourth-order valence-electron chi connectivity index (χ4n) is 3.46. The molecule has 3 rings (SSSR count). The zero-order valence-electron chi connectivity index (χ0n) is 13.6. The largest absolute Gasteiger partial charge is 0.349 e. The molecular weight excluding hydrogens is 312 g/mol. The van der Waals surface area contributed by atoms with Crippen molar-refractivity contribution in [2.24, 2.45) is 5.92 Å². The summed E-state index contributed by atoms with van der Waals surface area (Å²) in [6.07, 6.45) is 6.59. The molecule has 1 aromatic heterocycles. The lowest BCUT2D eigenvalue weighted by molar-refractivity contribution is -0.140. The molecule has 2 heterocycles. The highest BCUT2D eigenvalue weighted by Crippen LogP contribution is 2.28. The summed E-state index contributed by atoms with van der Waals surface area (Å²) in [5.74, 6) is 0.165. The second-order valence-electron chi connectivity index (χ2n) is 6.38. The number of aryl methyl sites for hydroxylation is 1. The first kappa shape index (κ1) is 16.4. The van der Waals surface area contributed by atoms with E-state index in [0.717, 1.165) is 29.3 Å². The van der Waals surface area contributed by atoms with Gasteiger partial charge in [0, 0.05) is 19.0 Å². The molecule has 2 fully saturated rings. The van der Waals surface area contributed by atoms with E-state index in [-0.39, 0.29) is 17.7 Å². The molecule has 6 nitrogen and oxygen atoms in total. The lowest BCUT2D eigenvalue weighted by Gasteiger charge is -2.36. The zero-order valence-corrected chi connectivity index (χ0v) is 14.4. The molecule has 1 N–H and O–H groups in total. The van der Waals surface area contributed by atoms with Gasteiger partial charge in [0.2, 0.25) is 11.8 Å². The van der Waals surface area contributed by atoms with Crippen LogP contribution in [-0.2, 0) is 22.6 Å². The lowest BCUT2D eigenvalue weighted by atomic mass is 9.95. The fourth-order valence-corrected chi connectivity index (χ4v) is 4.19. The maximum atomic E-state index is 12.4. The Balaban J connectivity index is 1.53. The minimum atomic E-state index is -0.0909. The van der Waals surface area contributed by atoms with E-state index in [1.165, 1.54) is 12.8 Å². The van der Waals surface area contributed by atoms with Crippen molar-refractivity contribution in [2.75, 3.05) is 6.54 Å². The van der Waals surface area contributed by atoms with Gasteiger partial charge in [0.1, 0.15) is 10.0 Å². The van der Waals surface area contributed by atoms with Crippen molar-refractivity contribution < 1.29 is 9.59 Å². The summed E-state index contributed by atoms with van der Waals surface area (Å²) in [7, 11) is 0. The molecule has 0 aromatic carbocycles. The van der Waals surface area contributed by atoms with Crippen LogP contribution in [0.2, 0.25) is 0 Å². The highest BCUT2D eigenvalue weighted by Gasteiger charge is 2.35. The van der Waals surface area contributed by atoms with E-state index in [0.29, 0.717) is 32.0 Å². The summed E-state index contributed by atoms with van der Waals surface area (Å²) in [5, 5.41) is 12.9. The van der Waals surface area contributed by atoms with Gasteiger partial charge in [0.25, 0.3) is 0 Å². The molecular formula is C16H24N4O2S. The lowest BCUT2D eigenvalue weighted by Crippen LogP contribution is -2.49. The molecule has 0 radical (unpaired) electrons. The van der Waals surface area contributed by atoms with Crippen LogP contribution in [0.3, 0.4) is 0 Å². The first-order chi connectivity index (χ1) is 11.2. The number of likely N-dealkylation sites (tertiary alicyclic amines) is 1. The molecule has 0 bridgehead atoms. The molecule has 1 saturated carbocycles. The number of nitrogens with zero attached hydrogens (tertiary/aromatic N) is 3. The van der Waals surface area contributed by atoms with Gasteiger partial charge < -0.3 is 10.2 Å². The quantitative estimate of drug-likeness (QED) is 0.891. The van der Waals surface area contributed by atoms with E-state index in [2.05, 4.69) is 15.5 Å². The van der Waals surface area contributed by atoms with Crippen LogP contribution in [0, 0.1) is 5.92 Å². The third-order valence-corrected chi connectivity index (χ3v) is 5.87. The standard InChI is InChI=1S/C16H24N4O2S/c1-2-13-18-19-14(23-13)9-17-16(22)11-7-8-15(21)20(10-11)12-5-3-4-6-12/h11-12H,2-10H2,1H3,(H,17,22)/t11-/m1/s1. The molecule has 7 heteroatoms. The van der Waals surface area contributed by atoms with Crippen LogP contribution in [0.4, 0.5) is 0 Å². The summed E-state index contributed by atoms with van der Waals surface area (Å²) >= 11 is 1.54. The van der Waals surface area contributed by atoms with Gasteiger partial charge in [-0.05, 0) is 25.7 Å². The van der Waals surface area contributed by atoms with Gasteiger partial charge in [-0.1, -0.05) is 31.1 Å². The monoisotopic (exact) mass is 336 g/mol. The highest BCUT2D eigenvalue weighted by atomic mass is 32.1. The number of carbonyl (C=O) groups excluding carboxylic acids is 2. The third kappa shape index (κ3) is 3.88. The maximum Gasteiger partial charge on any atom is 0.225 e. The van der Waals surface area contributed by atoms with E-state index < -0.39 is 0 Å². The van der Waals surface area contributed by atoms with Gasteiger partial charge in [-0.15, -0.1) is 10.2 Å². The molecule has 23 heavy (non-hydrogen) atoms. The van der Waals surface area contributed by atoms with Crippen molar-refractivity contribution >= 4 is 23.2 Å². The van der Waals surface area contributed by atoms with Gasteiger partial charge in [-0.25, -0.2) is 0 Å². The number of rotatable bonds is 5. The number of amides is 2. The van der Waals surface area contributed by atoms with Crippen LogP contribution in [0.5, 0.6) is 0 Å². The second-order valence-corrected chi connectivity index (χ2v) is 7.53. The van der Waals surface area contributed by atoms with E-state index in [9.17, 15) is 9.59 Å². The van der Waals surface area contributed by atoms with Crippen molar-refractivity contribution in [2.45, 2.75) is 64.5 Å². The first-order valence-electron chi connectivity index (χ1n) is 8.55. The third-order valence-electron chi connectivity index (χ3n) is 4.81. The molecule has 2 aliphatic rings. The average molecular weight is 336 g/mol. The molecule has 126 valence electrons. The smallest absolute Gasteiger partial charge is 0.225 e. The van der Waals surface area contributed by atoms with Crippen LogP contribution in [0.15, 0.2) is 0 Å². The van der Waals surface area contributed by atoms with Crippen molar-refractivity contribution in [1.29, 1.82) is 0 Å². The summed E-state index contributed by atoms with van der Waals surface area (Å²) in [6, 6.07) is 0.355. The maximum absolute atomic E-state index is 12.4. The van der Waals surface area contributed by atoms with Crippen LogP contribution >= 0.6 is 11.3 Å². The SMILES string of the molecule is CCc1nnc(CNC(=O)[C@@H]2CCC(=O)N(C3CCCC3)C2)s1. The number of piperidine rings is 1. The van der Waals surface area contributed by atoms with Crippen LogP contribution < -0.4 is 5.32 Å². The summed E-state index contributed by atoms with van der Waals surface area (Å²) in [4.78, 5) is 26.5. The number of hydrogen-bond donors (Lipinski definition) is 1. The topological polar surface area (TPSA) is 75.2 Å². The molecule has 1 aliphatic heterocycles. The van der Waals surface area contributed by atoms with Gasteiger partial charge >= 0.3 is 0 Å². The van der Waals surface area contributed by atoms with Gasteiger partial charge in [-0.2, -0.15) is 0 Å². The van der Waals surface area contributed by atoms with Gasteiger partial charge in [0.15, 0.2) is 0 Å². The van der Waals surface area contributed by atoms with Crippen LogP contribution in [0.25, 0.3) is 0 Å². The van der Waals surface area contributed by atoms with Crippen LogP contribution in [0.1, 0.15) is 55.5 Å². The summed E-state index contributed by atoms with van der Waals surface area (Å²) in [6.45, 7) is 3.05. The Morgan fingerprint density at radius 1 is 1.26 bits per heavy atom.